The lowest BCUT2D eigenvalue weighted by molar-refractivity contribution is 0.197. The van der Waals surface area contributed by atoms with E-state index in [9.17, 15) is 0 Å². The number of imidazole rings is 1. The Kier molecular flexibility index (Phi) is 3.41. The highest BCUT2D eigenvalue weighted by atomic mass is 16.5. The molecule has 2 aromatic rings. The lowest BCUT2D eigenvalue weighted by Crippen LogP contribution is -2.08. The number of anilines is 1. The molecule has 0 unspecified atom stereocenters. The van der Waals surface area contributed by atoms with E-state index in [0.29, 0.717) is 0 Å². The van der Waals surface area contributed by atoms with E-state index < -0.39 is 0 Å². The van der Waals surface area contributed by atoms with Crippen molar-refractivity contribution in [2.45, 2.75) is 6.42 Å². The van der Waals surface area contributed by atoms with Gasteiger partial charge >= 0.3 is 0 Å². The highest BCUT2D eigenvalue weighted by Crippen LogP contribution is 2.17. The van der Waals surface area contributed by atoms with Crippen molar-refractivity contribution in [3.63, 3.8) is 0 Å². The topological polar surface area (TPSA) is 39.1 Å². The van der Waals surface area contributed by atoms with Gasteiger partial charge in [0.05, 0.1) is 11.0 Å². The summed E-state index contributed by atoms with van der Waals surface area (Å²) in [5.74, 6) is 0.914. The summed E-state index contributed by atoms with van der Waals surface area (Å²) in [7, 11) is 3.74. The van der Waals surface area contributed by atoms with Crippen LogP contribution in [0.3, 0.4) is 0 Å². The first-order chi connectivity index (χ1) is 7.83. The van der Waals surface area contributed by atoms with Gasteiger partial charge in [0.15, 0.2) is 0 Å². The van der Waals surface area contributed by atoms with Gasteiger partial charge in [-0.15, -0.1) is 0 Å². The molecule has 1 N–H and O–H groups in total. The van der Waals surface area contributed by atoms with Crippen LogP contribution in [0.15, 0.2) is 24.3 Å². The number of nitrogens with one attached hydrogen (secondary N) is 1. The number of methoxy groups -OCH3 is 1. The summed E-state index contributed by atoms with van der Waals surface area (Å²) in [5.41, 5.74) is 2.18. The lowest BCUT2D eigenvalue weighted by Gasteiger charge is -2.05. The quantitative estimate of drug-likeness (QED) is 0.782. The van der Waals surface area contributed by atoms with Crippen molar-refractivity contribution < 1.29 is 4.74 Å². The third kappa shape index (κ3) is 2.17. The molecule has 0 saturated heterocycles. The van der Waals surface area contributed by atoms with Crippen LogP contribution in [0, 0.1) is 0 Å². The highest BCUT2D eigenvalue weighted by molar-refractivity contribution is 5.78. The second-order valence-corrected chi connectivity index (χ2v) is 3.76. The predicted molar refractivity (Wildman–Crippen MR) is 65.7 cm³/mol. The first kappa shape index (κ1) is 11.0. The Morgan fingerprint density at radius 1 is 1.38 bits per heavy atom. The van der Waals surface area contributed by atoms with Gasteiger partial charge in [-0.2, -0.15) is 0 Å². The summed E-state index contributed by atoms with van der Waals surface area (Å²) in [4.78, 5) is 4.52. The van der Waals surface area contributed by atoms with Crippen LogP contribution >= 0.6 is 0 Å². The zero-order valence-corrected chi connectivity index (χ0v) is 9.73. The number of nitrogens with zero attached hydrogens (tertiary/aromatic N) is 2. The Morgan fingerprint density at radius 3 is 2.94 bits per heavy atom. The Bertz CT molecular complexity index is 464. The first-order valence-corrected chi connectivity index (χ1v) is 5.47. The molecule has 0 aliphatic heterocycles. The van der Waals surface area contributed by atoms with Gasteiger partial charge in [0.2, 0.25) is 5.95 Å². The number of benzene rings is 1. The molecular formula is C12H17N3O. The van der Waals surface area contributed by atoms with E-state index >= 15 is 0 Å². The number of rotatable bonds is 5. The minimum atomic E-state index is 0.775. The molecule has 0 aliphatic carbocycles. The lowest BCUT2D eigenvalue weighted by atomic mass is 10.3. The molecule has 86 valence electrons. The van der Waals surface area contributed by atoms with Crippen molar-refractivity contribution in [2.24, 2.45) is 7.05 Å². The molecule has 1 heterocycles. The molecule has 0 amide bonds. The van der Waals surface area contributed by atoms with E-state index in [-0.39, 0.29) is 0 Å². The molecule has 1 aromatic carbocycles. The number of hydrogen-bond acceptors (Lipinski definition) is 3. The molecular weight excluding hydrogens is 202 g/mol. The zero-order valence-electron chi connectivity index (χ0n) is 9.73. The van der Waals surface area contributed by atoms with Crippen molar-refractivity contribution >= 4 is 17.0 Å². The van der Waals surface area contributed by atoms with E-state index in [0.717, 1.165) is 36.6 Å². The van der Waals surface area contributed by atoms with Crippen LogP contribution < -0.4 is 5.32 Å². The average Bonchev–Trinajstić information content (AvgIpc) is 2.63. The van der Waals surface area contributed by atoms with Gasteiger partial charge in [0.1, 0.15) is 0 Å². The molecule has 0 atom stereocenters. The standard InChI is InChI=1S/C12H17N3O/c1-15-11-7-4-3-6-10(11)14-12(15)13-8-5-9-16-2/h3-4,6-7H,5,8-9H2,1-2H3,(H,13,14). The van der Waals surface area contributed by atoms with Crippen LogP contribution in [-0.2, 0) is 11.8 Å². The summed E-state index contributed by atoms with van der Waals surface area (Å²) >= 11 is 0. The maximum Gasteiger partial charge on any atom is 0.203 e. The first-order valence-electron chi connectivity index (χ1n) is 5.47. The maximum absolute atomic E-state index is 5.00. The van der Waals surface area contributed by atoms with Crippen molar-refractivity contribution in [3.05, 3.63) is 24.3 Å². The third-order valence-corrected chi connectivity index (χ3v) is 2.60. The molecule has 0 bridgehead atoms. The molecule has 2 rings (SSSR count). The molecule has 4 nitrogen and oxygen atoms in total. The summed E-state index contributed by atoms with van der Waals surface area (Å²) in [5, 5.41) is 3.31. The minimum absolute atomic E-state index is 0.775. The minimum Gasteiger partial charge on any atom is -0.385 e. The molecule has 0 fully saturated rings. The molecule has 0 saturated carbocycles. The van der Waals surface area contributed by atoms with Gasteiger partial charge < -0.3 is 14.6 Å². The maximum atomic E-state index is 5.00. The predicted octanol–water partition coefficient (Wildman–Crippen LogP) is 2.02. The van der Waals surface area contributed by atoms with Crippen molar-refractivity contribution in [2.75, 3.05) is 25.6 Å². The van der Waals surface area contributed by atoms with Gasteiger partial charge in [-0.05, 0) is 18.6 Å². The van der Waals surface area contributed by atoms with E-state index in [1.165, 1.54) is 0 Å². The van der Waals surface area contributed by atoms with Crippen molar-refractivity contribution in [3.8, 4) is 0 Å². The van der Waals surface area contributed by atoms with Gasteiger partial charge in [0.25, 0.3) is 0 Å². The largest absolute Gasteiger partial charge is 0.385 e. The second kappa shape index (κ2) is 4.99. The van der Waals surface area contributed by atoms with E-state index in [1.54, 1.807) is 7.11 Å². The molecule has 16 heavy (non-hydrogen) atoms. The number of aryl methyl sites for hydroxylation is 1. The Hall–Kier alpha value is -1.55. The normalized spacial score (nSPS) is 10.9. The Labute approximate surface area is 95.2 Å². The third-order valence-electron chi connectivity index (χ3n) is 2.60. The van der Waals surface area contributed by atoms with Crippen molar-refractivity contribution in [1.29, 1.82) is 0 Å². The van der Waals surface area contributed by atoms with Gasteiger partial charge in [-0.3, -0.25) is 0 Å². The van der Waals surface area contributed by atoms with Crippen LogP contribution in [0.2, 0.25) is 0 Å². The Morgan fingerprint density at radius 2 is 2.19 bits per heavy atom. The molecule has 0 radical (unpaired) electrons. The van der Waals surface area contributed by atoms with E-state index in [2.05, 4.69) is 20.9 Å². The second-order valence-electron chi connectivity index (χ2n) is 3.76. The fraction of sp³-hybridized carbons (Fsp3) is 0.417. The van der Waals surface area contributed by atoms with Gasteiger partial charge in [-0.1, -0.05) is 12.1 Å². The molecule has 1 aromatic heterocycles. The number of ether oxygens (including phenoxy) is 1. The number of hydrogen-bond donors (Lipinski definition) is 1. The van der Waals surface area contributed by atoms with Crippen LogP contribution in [0.25, 0.3) is 11.0 Å². The summed E-state index contributed by atoms with van der Waals surface area (Å²) in [6, 6.07) is 8.13. The smallest absolute Gasteiger partial charge is 0.203 e. The summed E-state index contributed by atoms with van der Waals surface area (Å²) in [6.45, 7) is 1.65. The van der Waals surface area contributed by atoms with E-state index in [1.807, 2.05) is 25.2 Å². The zero-order chi connectivity index (χ0) is 11.4. The summed E-state index contributed by atoms with van der Waals surface area (Å²) < 4.78 is 7.07. The van der Waals surface area contributed by atoms with Crippen LogP contribution in [0.5, 0.6) is 0 Å². The fourth-order valence-corrected chi connectivity index (χ4v) is 1.72. The fourth-order valence-electron chi connectivity index (χ4n) is 1.72. The van der Waals surface area contributed by atoms with Gasteiger partial charge in [0, 0.05) is 27.3 Å². The van der Waals surface area contributed by atoms with Crippen LogP contribution in [-0.4, -0.2) is 29.8 Å². The van der Waals surface area contributed by atoms with Crippen LogP contribution in [0.1, 0.15) is 6.42 Å². The van der Waals surface area contributed by atoms with Crippen molar-refractivity contribution in [1.82, 2.24) is 9.55 Å². The molecule has 0 spiro atoms. The Balaban J connectivity index is 2.09. The SMILES string of the molecule is COCCCNc1nc2ccccc2n1C. The van der Waals surface area contributed by atoms with Gasteiger partial charge in [-0.25, -0.2) is 4.98 Å². The monoisotopic (exact) mass is 219 g/mol. The van der Waals surface area contributed by atoms with E-state index in [4.69, 9.17) is 4.74 Å². The molecule has 0 aliphatic rings. The molecule has 4 heteroatoms. The number of para-hydroxylation sites is 2. The van der Waals surface area contributed by atoms with Crippen LogP contribution in [0.4, 0.5) is 5.95 Å². The number of aromatic nitrogens is 2. The average molecular weight is 219 g/mol. The highest BCUT2D eigenvalue weighted by Gasteiger charge is 2.05. The summed E-state index contributed by atoms with van der Waals surface area (Å²) in [6.07, 6.45) is 0.986. The number of fused-ring (bicyclic) bond motifs is 1.